The second kappa shape index (κ2) is 4.68. The highest BCUT2D eigenvalue weighted by molar-refractivity contribution is 5.45. The van der Waals surface area contributed by atoms with Crippen molar-refractivity contribution in [3.63, 3.8) is 0 Å². The summed E-state index contributed by atoms with van der Waals surface area (Å²) in [6.07, 6.45) is -4.95. The van der Waals surface area contributed by atoms with Gasteiger partial charge in [0.2, 0.25) is 0 Å². The summed E-state index contributed by atoms with van der Waals surface area (Å²) in [6, 6.07) is 4.34. The number of benzene rings is 1. The third-order valence-electron chi connectivity index (χ3n) is 2.90. The zero-order valence-electron chi connectivity index (χ0n) is 10.0. The van der Waals surface area contributed by atoms with Crippen molar-refractivity contribution in [1.29, 1.82) is 0 Å². The van der Waals surface area contributed by atoms with Gasteiger partial charge in [-0.05, 0) is 17.7 Å². The van der Waals surface area contributed by atoms with E-state index >= 15 is 0 Å². The molecule has 0 unspecified atom stereocenters. The molecule has 3 nitrogen and oxygen atoms in total. The molecule has 0 bridgehead atoms. The van der Waals surface area contributed by atoms with Crippen molar-refractivity contribution in [2.24, 2.45) is 0 Å². The van der Waals surface area contributed by atoms with Gasteiger partial charge in [0.1, 0.15) is 0 Å². The summed E-state index contributed by atoms with van der Waals surface area (Å²) in [5.41, 5.74) is 0.780. The van der Waals surface area contributed by atoms with E-state index in [4.69, 9.17) is 9.47 Å². The summed E-state index contributed by atoms with van der Waals surface area (Å²) in [7, 11) is 3.01. The van der Waals surface area contributed by atoms with E-state index in [-0.39, 0.29) is 6.04 Å². The molecule has 2 rings (SSSR count). The minimum atomic E-state index is -4.14. The van der Waals surface area contributed by atoms with Crippen molar-refractivity contribution < 1.29 is 22.6 Å². The molecule has 0 aliphatic carbocycles. The standard InChI is InChI=1S/C12H14F3NO2/c1-17-9-4-3-7(5-10(9)18-2)11-8(16-11)6-12(13,14)15/h3-5,8,11,16H,6H2,1-2H3/t8-,11-/m1/s1. The third-order valence-corrected chi connectivity index (χ3v) is 2.90. The summed E-state index contributed by atoms with van der Waals surface area (Å²) in [5.74, 6) is 1.09. The van der Waals surface area contributed by atoms with Gasteiger partial charge in [0.05, 0.1) is 20.6 Å². The van der Waals surface area contributed by atoms with E-state index in [0.29, 0.717) is 11.5 Å². The van der Waals surface area contributed by atoms with Crippen molar-refractivity contribution in [1.82, 2.24) is 5.32 Å². The molecule has 100 valence electrons. The van der Waals surface area contributed by atoms with Crippen molar-refractivity contribution in [2.75, 3.05) is 14.2 Å². The number of alkyl halides is 3. The number of methoxy groups -OCH3 is 2. The first-order valence-corrected chi connectivity index (χ1v) is 5.49. The third kappa shape index (κ3) is 2.87. The molecule has 0 saturated carbocycles. The van der Waals surface area contributed by atoms with E-state index in [0.717, 1.165) is 5.56 Å². The molecule has 1 aromatic rings. The normalized spacial score (nSPS) is 22.7. The Balaban J connectivity index is 2.08. The maximum Gasteiger partial charge on any atom is 0.390 e. The topological polar surface area (TPSA) is 40.4 Å². The van der Waals surface area contributed by atoms with Crippen molar-refractivity contribution in [3.8, 4) is 11.5 Å². The summed E-state index contributed by atoms with van der Waals surface area (Å²) < 4.78 is 46.8. The van der Waals surface area contributed by atoms with Crippen LogP contribution in [0.15, 0.2) is 18.2 Å². The summed E-state index contributed by atoms with van der Waals surface area (Å²) in [6.45, 7) is 0. The quantitative estimate of drug-likeness (QED) is 0.847. The number of hydrogen-bond donors (Lipinski definition) is 1. The predicted molar refractivity (Wildman–Crippen MR) is 59.9 cm³/mol. The minimum Gasteiger partial charge on any atom is -0.493 e. The van der Waals surface area contributed by atoms with Gasteiger partial charge in [0.25, 0.3) is 0 Å². The molecule has 2 atom stereocenters. The van der Waals surface area contributed by atoms with E-state index in [1.54, 1.807) is 18.2 Å². The van der Waals surface area contributed by atoms with E-state index < -0.39 is 18.6 Å². The first kappa shape index (κ1) is 13.0. The second-order valence-corrected chi connectivity index (χ2v) is 4.18. The van der Waals surface area contributed by atoms with Crippen LogP contribution in [0.2, 0.25) is 0 Å². The van der Waals surface area contributed by atoms with E-state index in [9.17, 15) is 13.2 Å². The molecular formula is C12H14F3NO2. The van der Waals surface area contributed by atoms with E-state index in [1.165, 1.54) is 14.2 Å². The molecule has 6 heteroatoms. The van der Waals surface area contributed by atoms with Crippen molar-refractivity contribution in [3.05, 3.63) is 23.8 Å². The van der Waals surface area contributed by atoms with Crippen LogP contribution in [0.1, 0.15) is 18.0 Å². The highest BCUT2D eigenvalue weighted by Crippen LogP contribution is 2.40. The van der Waals surface area contributed by atoms with Gasteiger partial charge in [-0.1, -0.05) is 6.07 Å². The Kier molecular flexibility index (Phi) is 3.38. The fraction of sp³-hybridized carbons (Fsp3) is 0.500. The Hall–Kier alpha value is -1.43. The monoisotopic (exact) mass is 261 g/mol. The molecule has 1 aliphatic rings. The zero-order valence-corrected chi connectivity index (χ0v) is 10.0. The van der Waals surface area contributed by atoms with Gasteiger partial charge in [-0.3, -0.25) is 0 Å². The molecule has 1 heterocycles. The van der Waals surface area contributed by atoms with Crippen molar-refractivity contribution >= 4 is 0 Å². The van der Waals surface area contributed by atoms with Gasteiger partial charge in [-0.25, -0.2) is 0 Å². The molecule has 1 fully saturated rings. The maximum atomic E-state index is 12.2. The number of nitrogens with one attached hydrogen (secondary N) is 1. The minimum absolute atomic E-state index is 0.258. The lowest BCUT2D eigenvalue weighted by Gasteiger charge is -2.09. The highest BCUT2D eigenvalue weighted by atomic mass is 19.4. The van der Waals surface area contributed by atoms with Gasteiger partial charge >= 0.3 is 6.18 Å². The number of rotatable bonds is 4. The zero-order chi connectivity index (χ0) is 13.3. The van der Waals surface area contributed by atoms with Crippen LogP contribution in [0.5, 0.6) is 11.5 Å². The fourth-order valence-corrected chi connectivity index (χ4v) is 1.98. The Morgan fingerprint density at radius 1 is 1.17 bits per heavy atom. The molecule has 0 spiro atoms. The first-order valence-electron chi connectivity index (χ1n) is 5.49. The molecule has 18 heavy (non-hydrogen) atoms. The lowest BCUT2D eigenvalue weighted by molar-refractivity contribution is -0.134. The molecule has 1 aliphatic heterocycles. The van der Waals surface area contributed by atoms with Gasteiger partial charge < -0.3 is 14.8 Å². The van der Waals surface area contributed by atoms with Gasteiger partial charge in [-0.2, -0.15) is 13.2 Å². The van der Waals surface area contributed by atoms with Crippen LogP contribution in [-0.2, 0) is 0 Å². The van der Waals surface area contributed by atoms with Gasteiger partial charge in [0, 0.05) is 12.1 Å². The fourth-order valence-electron chi connectivity index (χ4n) is 1.98. The lowest BCUT2D eigenvalue weighted by Crippen LogP contribution is -2.12. The highest BCUT2D eigenvalue weighted by Gasteiger charge is 2.45. The molecule has 1 N–H and O–H groups in total. The molecule has 1 saturated heterocycles. The van der Waals surface area contributed by atoms with Crippen LogP contribution in [0.3, 0.4) is 0 Å². The predicted octanol–water partition coefficient (Wildman–Crippen LogP) is 2.67. The van der Waals surface area contributed by atoms with E-state index in [1.807, 2.05) is 0 Å². The van der Waals surface area contributed by atoms with Crippen LogP contribution in [0.25, 0.3) is 0 Å². The SMILES string of the molecule is COc1ccc([C@H]2N[C@@H]2CC(F)(F)F)cc1OC. The maximum absolute atomic E-state index is 12.2. The Morgan fingerprint density at radius 3 is 2.39 bits per heavy atom. The van der Waals surface area contributed by atoms with Gasteiger partial charge in [-0.15, -0.1) is 0 Å². The molecule has 0 amide bonds. The first-order chi connectivity index (χ1) is 8.44. The second-order valence-electron chi connectivity index (χ2n) is 4.18. The number of ether oxygens (including phenoxy) is 2. The van der Waals surface area contributed by atoms with Gasteiger partial charge in [0.15, 0.2) is 11.5 Å². The van der Waals surface area contributed by atoms with Crippen LogP contribution in [0.4, 0.5) is 13.2 Å². The number of halogens is 3. The molecule has 1 aromatic carbocycles. The Morgan fingerprint density at radius 2 is 1.83 bits per heavy atom. The molecule has 0 aromatic heterocycles. The van der Waals surface area contributed by atoms with Crippen molar-refractivity contribution in [2.45, 2.75) is 24.7 Å². The van der Waals surface area contributed by atoms with Crippen LogP contribution >= 0.6 is 0 Å². The summed E-state index contributed by atoms with van der Waals surface area (Å²) in [5, 5.41) is 2.81. The van der Waals surface area contributed by atoms with E-state index in [2.05, 4.69) is 5.32 Å². The average molecular weight is 261 g/mol. The largest absolute Gasteiger partial charge is 0.493 e. The molecular weight excluding hydrogens is 247 g/mol. The Labute approximate surface area is 103 Å². The molecule has 0 radical (unpaired) electrons. The summed E-state index contributed by atoms with van der Waals surface area (Å²) in [4.78, 5) is 0. The lowest BCUT2D eigenvalue weighted by atomic mass is 10.1. The number of hydrogen-bond acceptors (Lipinski definition) is 3. The van der Waals surface area contributed by atoms with Crippen LogP contribution < -0.4 is 14.8 Å². The van der Waals surface area contributed by atoms with Crippen LogP contribution in [-0.4, -0.2) is 26.4 Å². The Bertz CT molecular complexity index is 434. The summed E-state index contributed by atoms with van der Waals surface area (Å²) >= 11 is 0. The average Bonchev–Trinajstić information content (AvgIpc) is 3.04. The van der Waals surface area contributed by atoms with Crippen LogP contribution in [0, 0.1) is 0 Å². The smallest absolute Gasteiger partial charge is 0.390 e.